The van der Waals surface area contributed by atoms with Gasteiger partial charge in [0.25, 0.3) is 5.91 Å². The highest BCUT2D eigenvalue weighted by Crippen LogP contribution is 2.31. The van der Waals surface area contributed by atoms with Crippen molar-refractivity contribution in [3.05, 3.63) is 69.4 Å². The van der Waals surface area contributed by atoms with Crippen molar-refractivity contribution in [3.8, 4) is 0 Å². The molecule has 0 bridgehead atoms. The van der Waals surface area contributed by atoms with Crippen molar-refractivity contribution >= 4 is 5.91 Å². The molecule has 1 aliphatic rings. The van der Waals surface area contributed by atoms with Gasteiger partial charge in [-0.05, 0) is 43.9 Å². The first-order valence-corrected chi connectivity index (χ1v) is 7.82. The fourth-order valence-corrected chi connectivity index (χ4v) is 3.10. The summed E-state index contributed by atoms with van der Waals surface area (Å²) in [6.45, 7) is 2.38. The Labute approximate surface area is 134 Å². The van der Waals surface area contributed by atoms with Crippen molar-refractivity contribution in [3.63, 3.8) is 0 Å². The van der Waals surface area contributed by atoms with Gasteiger partial charge in [-0.2, -0.15) is 0 Å². The Morgan fingerprint density at radius 1 is 1.26 bits per heavy atom. The van der Waals surface area contributed by atoms with E-state index in [0.717, 1.165) is 30.5 Å². The standard InChI is InChI=1S/C18H19FN2O2/c1-12-10-17(22)15(11-20-12)18(23)21-9-3-2-4-16(21)13-5-7-14(19)8-6-13/h5-8,10-11,16H,2-4,9H2,1H3,(H,20,22)/t16-/m0/s1. The predicted molar refractivity (Wildman–Crippen MR) is 85.8 cm³/mol. The number of rotatable bonds is 2. The van der Waals surface area contributed by atoms with E-state index >= 15 is 0 Å². The maximum absolute atomic E-state index is 13.1. The van der Waals surface area contributed by atoms with E-state index in [9.17, 15) is 14.0 Å². The molecule has 1 aliphatic heterocycles. The van der Waals surface area contributed by atoms with Gasteiger partial charge < -0.3 is 9.88 Å². The summed E-state index contributed by atoms with van der Waals surface area (Å²) in [6, 6.07) is 7.56. The van der Waals surface area contributed by atoms with Gasteiger partial charge in [0.1, 0.15) is 11.4 Å². The molecule has 1 N–H and O–H groups in total. The van der Waals surface area contributed by atoms with E-state index in [1.807, 2.05) is 0 Å². The van der Waals surface area contributed by atoms with Crippen molar-refractivity contribution in [2.75, 3.05) is 6.54 Å². The molecule has 0 spiro atoms. The largest absolute Gasteiger partial charge is 0.364 e. The summed E-state index contributed by atoms with van der Waals surface area (Å²) in [6.07, 6.45) is 4.22. The molecule has 0 radical (unpaired) electrons. The van der Waals surface area contributed by atoms with Gasteiger partial charge in [0, 0.05) is 24.5 Å². The van der Waals surface area contributed by atoms with Crippen LogP contribution in [0.1, 0.15) is 46.9 Å². The molecule has 0 saturated carbocycles. The topological polar surface area (TPSA) is 53.2 Å². The predicted octanol–water partition coefficient (Wildman–Crippen LogP) is 3.19. The zero-order valence-electron chi connectivity index (χ0n) is 13.0. The van der Waals surface area contributed by atoms with Crippen LogP contribution in [0.25, 0.3) is 0 Å². The number of carbonyl (C=O) groups excluding carboxylic acids is 1. The van der Waals surface area contributed by atoms with E-state index in [0.29, 0.717) is 6.54 Å². The van der Waals surface area contributed by atoms with E-state index < -0.39 is 0 Å². The number of hydrogen-bond acceptors (Lipinski definition) is 2. The number of halogens is 1. The van der Waals surface area contributed by atoms with Crippen molar-refractivity contribution in [2.45, 2.75) is 32.2 Å². The molecular formula is C18H19FN2O2. The molecule has 0 aliphatic carbocycles. The Hall–Kier alpha value is -2.43. The van der Waals surface area contributed by atoms with E-state index in [-0.39, 0.29) is 28.8 Å². The second-order valence-corrected chi connectivity index (χ2v) is 5.96. The molecule has 1 atom stereocenters. The second kappa shape index (κ2) is 6.36. The zero-order valence-corrected chi connectivity index (χ0v) is 13.0. The number of amides is 1. The van der Waals surface area contributed by atoms with Gasteiger partial charge in [0.2, 0.25) is 0 Å². The monoisotopic (exact) mass is 314 g/mol. The van der Waals surface area contributed by atoms with Crippen molar-refractivity contribution in [1.29, 1.82) is 0 Å². The second-order valence-electron chi connectivity index (χ2n) is 5.96. The molecule has 2 heterocycles. The van der Waals surface area contributed by atoms with Crippen LogP contribution in [0.5, 0.6) is 0 Å². The highest BCUT2D eigenvalue weighted by Gasteiger charge is 2.29. The molecule has 4 nitrogen and oxygen atoms in total. The highest BCUT2D eigenvalue weighted by molar-refractivity contribution is 5.94. The quantitative estimate of drug-likeness (QED) is 0.925. The number of aromatic nitrogens is 1. The van der Waals surface area contributed by atoms with Crippen molar-refractivity contribution < 1.29 is 9.18 Å². The van der Waals surface area contributed by atoms with Crippen LogP contribution < -0.4 is 5.43 Å². The van der Waals surface area contributed by atoms with Crippen LogP contribution in [0.2, 0.25) is 0 Å². The number of nitrogens with zero attached hydrogens (tertiary/aromatic N) is 1. The van der Waals surface area contributed by atoms with Crippen LogP contribution in [-0.4, -0.2) is 22.3 Å². The Morgan fingerprint density at radius 3 is 2.70 bits per heavy atom. The molecule has 1 aromatic carbocycles. The summed E-state index contributed by atoms with van der Waals surface area (Å²) in [5.41, 5.74) is 1.52. The smallest absolute Gasteiger partial charge is 0.259 e. The summed E-state index contributed by atoms with van der Waals surface area (Å²) in [5.74, 6) is -0.558. The van der Waals surface area contributed by atoms with Crippen LogP contribution in [0, 0.1) is 12.7 Å². The number of likely N-dealkylation sites (tertiary alicyclic amines) is 1. The van der Waals surface area contributed by atoms with Crippen LogP contribution in [0.15, 0.2) is 41.3 Å². The number of H-pyrrole nitrogens is 1. The molecule has 120 valence electrons. The SMILES string of the molecule is Cc1cc(=O)c(C(=O)N2CCCC[C@H]2c2ccc(F)cc2)c[nH]1. The van der Waals surface area contributed by atoms with Gasteiger partial charge in [0.15, 0.2) is 5.43 Å². The van der Waals surface area contributed by atoms with Crippen LogP contribution >= 0.6 is 0 Å². The Kier molecular flexibility index (Phi) is 4.28. The molecule has 2 aromatic rings. The lowest BCUT2D eigenvalue weighted by atomic mass is 9.94. The number of hydrogen-bond donors (Lipinski definition) is 1. The molecule has 23 heavy (non-hydrogen) atoms. The van der Waals surface area contributed by atoms with Crippen LogP contribution in [-0.2, 0) is 0 Å². The highest BCUT2D eigenvalue weighted by atomic mass is 19.1. The fourth-order valence-electron chi connectivity index (χ4n) is 3.10. The number of aryl methyl sites for hydroxylation is 1. The van der Waals surface area contributed by atoms with Gasteiger partial charge in [-0.25, -0.2) is 4.39 Å². The van der Waals surface area contributed by atoms with E-state index in [1.165, 1.54) is 24.4 Å². The molecule has 0 unspecified atom stereocenters. The van der Waals surface area contributed by atoms with Gasteiger partial charge in [-0.1, -0.05) is 12.1 Å². The van der Waals surface area contributed by atoms with E-state index in [2.05, 4.69) is 4.98 Å². The number of carbonyl (C=O) groups is 1. The molecule has 5 heteroatoms. The minimum atomic E-state index is -0.294. The molecule has 3 rings (SSSR count). The third-order valence-corrected chi connectivity index (χ3v) is 4.31. The normalized spacial score (nSPS) is 18.0. The first-order valence-electron chi connectivity index (χ1n) is 7.82. The van der Waals surface area contributed by atoms with Crippen LogP contribution in [0.4, 0.5) is 4.39 Å². The molecular weight excluding hydrogens is 295 g/mol. The van der Waals surface area contributed by atoms with E-state index in [1.54, 1.807) is 24.0 Å². The molecule has 1 aromatic heterocycles. The first-order chi connectivity index (χ1) is 11.1. The maximum Gasteiger partial charge on any atom is 0.259 e. The Bertz CT molecular complexity index is 767. The van der Waals surface area contributed by atoms with Crippen molar-refractivity contribution in [1.82, 2.24) is 9.88 Å². The van der Waals surface area contributed by atoms with E-state index in [4.69, 9.17) is 0 Å². The summed E-state index contributed by atoms with van der Waals surface area (Å²) in [4.78, 5) is 29.6. The minimum Gasteiger partial charge on any atom is -0.364 e. The fraction of sp³-hybridized carbons (Fsp3) is 0.333. The summed E-state index contributed by atoms with van der Waals surface area (Å²) >= 11 is 0. The van der Waals surface area contributed by atoms with Crippen LogP contribution in [0.3, 0.4) is 0 Å². The average molecular weight is 314 g/mol. The zero-order chi connectivity index (χ0) is 16.4. The molecule has 1 fully saturated rings. The van der Waals surface area contributed by atoms with Gasteiger partial charge in [-0.15, -0.1) is 0 Å². The maximum atomic E-state index is 13.1. The van der Waals surface area contributed by atoms with Gasteiger partial charge >= 0.3 is 0 Å². The third kappa shape index (κ3) is 3.18. The molecule has 1 amide bonds. The lowest BCUT2D eigenvalue weighted by Gasteiger charge is -2.36. The summed E-state index contributed by atoms with van der Waals surface area (Å²) in [7, 11) is 0. The Morgan fingerprint density at radius 2 is 2.00 bits per heavy atom. The number of benzene rings is 1. The number of aromatic amines is 1. The lowest BCUT2D eigenvalue weighted by Crippen LogP contribution is -2.40. The van der Waals surface area contributed by atoms with Crippen molar-refractivity contribution in [2.24, 2.45) is 0 Å². The Balaban J connectivity index is 1.93. The van der Waals surface area contributed by atoms with Gasteiger partial charge in [-0.3, -0.25) is 9.59 Å². The third-order valence-electron chi connectivity index (χ3n) is 4.31. The average Bonchev–Trinajstić information content (AvgIpc) is 2.55. The number of piperidine rings is 1. The van der Waals surface area contributed by atoms with Gasteiger partial charge in [0.05, 0.1) is 6.04 Å². The summed E-state index contributed by atoms with van der Waals surface area (Å²) < 4.78 is 13.1. The first kappa shape index (κ1) is 15.5. The summed E-state index contributed by atoms with van der Waals surface area (Å²) in [5, 5.41) is 0. The number of nitrogens with one attached hydrogen (secondary N) is 1. The number of pyridine rings is 1. The minimum absolute atomic E-state index is 0.113. The molecule has 1 saturated heterocycles. The lowest BCUT2D eigenvalue weighted by molar-refractivity contribution is 0.0609.